The minimum atomic E-state index is -5.72. The Balaban J connectivity index is 2.32. The van der Waals surface area contributed by atoms with Gasteiger partial charge in [-0.05, 0) is 12.1 Å². The van der Waals surface area contributed by atoms with Crippen LogP contribution in [0.2, 0.25) is 0 Å². The number of ether oxygens (including phenoxy) is 2. The van der Waals surface area contributed by atoms with Gasteiger partial charge in [0.05, 0.1) is 11.4 Å². The Morgan fingerprint density at radius 1 is 0.513 bits per heavy atom. The number of nitrogen functional groups attached to an aromatic ring is 2. The summed E-state index contributed by atoms with van der Waals surface area (Å²) >= 11 is 0. The van der Waals surface area contributed by atoms with Crippen molar-refractivity contribution in [3.05, 3.63) is 70.0 Å². The fraction of sp³-hybridized carbons (Fsp3) is 0.143. The van der Waals surface area contributed by atoms with Crippen LogP contribution in [0.1, 0.15) is 16.7 Å². The van der Waals surface area contributed by atoms with Crippen molar-refractivity contribution in [1.82, 2.24) is 0 Å². The van der Waals surface area contributed by atoms with Gasteiger partial charge in [0, 0.05) is 12.1 Å². The Morgan fingerprint density at radius 3 is 1.31 bits per heavy atom. The molecule has 18 heteroatoms. The van der Waals surface area contributed by atoms with Gasteiger partial charge in [-0.1, -0.05) is 0 Å². The van der Waals surface area contributed by atoms with Gasteiger partial charge in [0.15, 0.2) is 34.6 Å². The van der Waals surface area contributed by atoms with Crippen LogP contribution < -0.4 is 20.9 Å². The van der Waals surface area contributed by atoms with Crippen LogP contribution in [0.25, 0.3) is 0 Å². The minimum absolute atomic E-state index is 0.0767. The number of benzene rings is 3. The number of anilines is 2. The van der Waals surface area contributed by atoms with Gasteiger partial charge in [-0.15, -0.1) is 0 Å². The van der Waals surface area contributed by atoms with Crippen molar-refractivity contribution >= 4 is 11.4 Å². The highest BCUT2D eigenvalue weighted by Gasteiger charge is 2.44. The summed E-state index contributed by atoms with van der Waals surface area (Å²) in [5.74, 6) is -20.6. The molecular formula is C21H8F14N2O2. The first-order valence-corrected chi connectivity index (χ1v) is 9.60. The molecule has 0 spiro atoms. The van der Waals surface area contributed by atoms with Gasteiger partial charge < -0.3 is 20.9 Å². The van der Waals surface area contributed by atoms with Crippen molar-refractivity contribution in [1.29, 1.82) is 0 Å². The Morgan fingerprint density at radius 2 is 0.923 bits per heavy atom. The maximum absolute atomic E-state index is 15.1. The van der Waals surface area contributed by atoms with E-state index >= 15 is 4.39 Å². The van der Waals surface area contributed by atoms with E-state index in [1.807, 2.05) is 0 Å². The Hall–Kier alpha value is -4.12. The Kier molecular flexibility index (Phi) is 7.22. The predicted molar refractivity (Wildman–Crippen MR) is 103 cm³/mol. The summed E-state index contributed by atoms with van der Waals surface area (Å²) in [6.07, 6.45) is -17.0. The van der Waals surface area contributed by atoms with Crippen molar-refractivity contribution in [2.75, 3.05) is 11.5 Å². The minimum Gasteiger partial charge on any atom is -0.450 e. The van der Waals surface area contributed by atoms with E-state index in [2.05, 4.69) is 9.47 Å². The van der Waals surface area contributed by atoms with Crippen LogP contribution in [0.4, 0.5) is 72.8 Å². The molecule has 3 aromatic rings. The zero-order valence-electron chi connectivity index (χ0n) is 18.1. The lowest BCUT2D eigenvalue weighted by Gasteiger charge is -2.21. The number of halogens is 14. The number of hydrogen-bond acceptors (Lipinski definition) is 4. The summed E-state index contributed by atoms with van der Waals surface area (Å²) < 4.78 is 200. The smallest absolute Gasteiger partial charge is 0.422 e. The fourth-order valence-electron chi connectivity index (χ4n) is 3.17. The third-order valence-electron chi connectivity index (χ3n) is 4.76. The average Bonchev–Trinajstić information content (AvgIpc) is 2.74. The van der Waals surface area contributed by atoms with Gasteiger partial charge in [-0.2, -0.15) is 52.7 Å². The third kappa shape index (κ3) is 5.53. The van der Waals surface area contributed by atoms with Gasteiger partial charge in [0.2, 0.25) is 17.5 Å². The third-order valence-corrected chi connectivity index (χ3v) is 4.76. The molecule has 0 unspecified atom stereocenters. The van der Waals surface area contributed by atoms with E-state index in [-0.39, 0.29) is 24.3 Å². The summed E-state index contributed by atoms with van der Waals surface area (Å²) in [4.78, 5) is 0. The molecule has 0 atom stereocenters. The molecule has 3 rings (SSSR count). The van der Waals surface area contributed by atoms with Gasteiger partial charge in [0.25, 0.3) is 0 Å². The van der Waals surface area contributed by atoms with Crippen LogP contribution in [-0.2, 0) is 18.5 Å². The van der Waals surface area contributed by atoms with Gasteiger partial charge >= 0.3 is 18.5 Å². The molecule has 0 aliphatic heterocycles. The zero-order chi connectivity index (χ0) is 29.8. The van der Waals surface area contributed by atoms with Crippen molar-refractivity contribution in [2.24, 2.45) is 0 Å². The Labute approximate surface area is 206 Å². The maximum atomic E-state index is 15.1. The standard InChI is InChI=1S/C21H8F14N2O2/c22-6-3-8(36)11(20(30,31)32)17(13(6)24)38-10-2-1-5(19(27,28)29)16(15(10)26)39-18-12(21(33,34)35)9(37)4-7(23)14(18)25/h1-4H,36-37H2. The first-order valence-electron chi connectivity index (χ1n) is 9.60. The topological polar surface area (TPSA) is 70.5 Å². The van der Waals surface area contributed by atoms with Crippen LogP contribution >= 0.6 is 0 Å². The molecule has 0 radical (unpaired) electrons. The maximum Gasteiger partial charge on any atom is 0.422 e. The van der Waals surface area contributed by atoms with E-state index in [0.29, 0.717) is 0 Å². The van der Waals surface area contributed by atoms with Crippen LogP contribution in [0.15, 0.2) is 24.3 Å². The van der Waals surface area contributed by atoms with Crippen molar-refractivity contribution in [3.63, 3.8) is 0 Å². The van der Waals surface area contributed by atoms with Gasteiger partial charge in [-0.3, -0.25) is 0 Å². The quantitative estimate of drug-likeness (QED) is 0.239. The van der Waals surface area contributed by atoms with Crippen LogP contribution in [0.3, 0.4) is 0 Å². The molecule has 3 aromatic carbocycles. The molecule has 4 N–H and O–H groups in total. The lowest BCUT2D eigenvalue weighted by Crippen LogP contribution is -2.16. The highest BCUT2D eigenvalue weighted by Crippen LogP contribution is 2.50. The van der Waals surface area contributed by atoms with E-state index in [0.717, 1.165) is 0 Å². The summed E-state index contributed by atoms with van der Waals surface area (Å²) in [6, 6.07) is -0.651. The molecule has 0 saturated carbocycles. The number of alkyl halides is 9. The molecule has 0 aliphatic carbocycles. The molecule has 0 fully saturated rings. The first-order chi connectivity index (χ1) is 17.7. The zero-order valence-corrected chi connectivity index (χ0v) is 18.1. The lowest BCUT2D eigenvalue weighted by atomic mass is 10.1. The summed E-state index contributed by atoms with van der Waals surface area (Å²) in [5.41, 5.74) is -0.0513. The number of hydrogen-bond donors (Lipinski definition) is 2. The van der Waals surface area contributed by atoms with E-state index < -0.39 is 98.7 Å². The van der Waals surface area contributed by atoms with Crippen molar-refractivity contribution in [2.45, 2.75) is 18.5 Å². The van der Waals surface area contributed by atoms with E-state index in [4.69, 9.17) is 11.5 Å². The summed E-state index contributed by atoms with van der Waals surface area (Å²) in [7, 11) is 0. The normalized spacial score (nSPS) is 12.6. The second kappa shape index (κ2) is 9.57. The van der Waals surface area contributed by atoms with Crippen LogP contribution in [0, 0.1) is 29.1 Å². The van der Waals surface area contributed by atoms with E-state index in [1.54, 1.807) is 0 Å². The van der Waals surface area contributed by atoms with Crippen LogP contribution in [-0.4, -0.2) is 0 Å². The lowest BCUT2D eigenvalue weighted by molar-refractivity contribution is -0.140. The van der Waals surface area contributed by atoms with Gasteiger partial charge in [-0.25, -0.2) is 8.78 Å². The molecule has 39 heavy (non-hydrogen) atoms. The monoisotopic (exact) mass is 586 g/mol. The molecule has 0 aromatic heterocycles. The molecule has 0 saturated heterocycles. The molecule has 0 amide bonds. The molecule has 0 aliphatic rings. The summed E-state index contributed by atoms with van der Waals surface area (Å²) in [5, 5.41) is 0. The molecule has 4 nitrogen and oxygen atoms in total. The average molecular weight is 586 g/mol. The Bertz CT molecular complexity index is 1450. The SMILES string of the molecule is Nc1cc(F)c(F)c(Oc2ccc(C(F)(F)F)c(Oc3c(F)c(F)cc(N)c3C(F)(F)F)c2F)c1C(F)(F)F. The molecule has 0 heterocycles. The number of nitrogens with two attached hydrogens (primary N) is 2. The van der Waals surface area contributed by atoms with Gasteiger partial charge in [0.1, 0.15) is 16.7 Å². The molecule has 0 bridgehead atoms. The summed E-state index contributed by atoms with van der Waals surface area (Å²) in [6.45, 7) is 0. The van der Waals surface area contributed by atoms with Crippen LogP contribution in [0.5, 0.6) is 23.0 Å². The highest BCUT2D eigenvalue weighted by molar-refractivity contribution is 5.60. The first kappa shape index (κ1) is 29.4. The highest BCUT2D eigenvalue weighted by atomic mass is 19.4. The predicted octanol–water partition coefficient (Wildman–Crippen LogP) is 8.19. The molecular weight excluding hydrogens is 578 g/mol. The second-order valence-corrected chi connectivity index (χ2v) is 7.38. The van der Waals surface area contributed by atoms with Crippen molar-refractivity contribution < 1.29 is 70.9 Å². The van der Waals surface area contributed by atoms with Crippen molar-refractivity contribution in [3.8, 4) is 23.0 Å². The molecule has 212 valence electrons. The van der Waals surface area contributed by atoms with E-state index in [1.165, 1.54) is 0 Å². The largest absolute Gasteiger partial charge is 0.450 e. The fourth-order valence-corrected chi connectivity index (χ4v) is 3.17. The van der Waals surface area contributed by atoms with E-state index in [9.17, 15) is 57.1 Å². The second-order valence-electron chi connectivity index (χ2n) is 7.38. The number of rotatable bonds is 4.